The third-order valence-electron chi connectivity index (χ3n) is 2.46. The average molecular weight is 197 g/mol. The molecule has 1 heteroatoms. The van der Waals surface area contributed by atoms with Crippen LogP contribution in [-0.4, -0.2) is 18.5 Å². The van der Waals surface area contributed by atoms with Gasteiger partial charge in [-0.15, -0.1) is 0 Å². The molecule has 0 heterocycles. The van der Waals surface area contributed by atoms with E-state index < -0.39 is 0 Å². The first-order valence-corrected chi connectivity index (χ1v) is 5.82. The highest BCUT2D eigenvalue weighted by molar-refractivity contribution is 4.92. The summed E-state index contributed by atoms with van der Waals surface area (Å²) in [5.41, 5.74) is 1.28. The standard InChI is InChI=1S/C13H27N/c1-11(2)8-7-9-14(6)13(5)10-12(3)4/h11-12H,5,7-10H2,1-4,6H3. The van der Waals surface area contributed by atoms with Gasteiger partial charge in [-0.3, -0.25) is 0 Å². The van der Waals surface area contributed by atoms with Crippen LogP contribution in [0.2, 0.25) is 0 Å². The van der Waals surface area contributed by atoms with Gasteiger partial charge in [-0.1, -0.05) is 34.3 Å². The van der Waals surface area contributed by atoms with Crippen LogP contribution in [0.5, 0.6) is 0 Å². The molecule has 0 spiro atoms. The summed E-state index contributed by atoms with van der Waals surface area (Å²) in [7, 11) is 2.16. The number of rotatable bonds is 7. The van der Waals surface area contributed by atoms with Crippen LogP contribution in [0.15, 0.2) is 12.3 Å². The second-order valence-electron chi connectivity index (χ2n) is 5.12. The molecule has 0 fully saturated rings. The lowest BCUT2D eigenvalue weighted by Gasteiger charge is -2.23. The fraction of sp³-hybridized carbons (Fsp3) is 0.846. The largest absolute Gasteiger partial charge is 0.378 e. The Morgan fingerprint density at radius 1 is 1.14 bits per heavy atom. The zero-order chi connectivity index (χ0) is 11.1. The zero-order valence-electron chi connectivity index (χ0n) is 10.6. The van der Waals surface area contributed by atoms with E-state index in [2.05, 4.69) is 46.2 Å². The highest BCUT2D eigenvalue weighted by atomic mass is 15.1. The second-order valence-corrected chi connectivity index (χ2v) is 5.12. The Bertz CT molecular complexity index is 159. The van der Waals surface area contributed by atoms with E-state index in [4.69, 9.17) is 0 Å². The first kappa shape index (κ1) is 13.5. The molecule has 1 nitrogen and oxygen atoms in total. The van der Waals surface area contributed by atoms with E-state index in [-0.39, 0.29) is 0 Å². The van der Waals surface area contributed by atoms with Crippen molar-refractivity contribution in [2.24, 2.45) is 11.8 Å². The minimum absolute atomic E-state index is 0.718. The lowest BCUT2D eigenvalue weighted by atomic mass is 10.1. The Hall–Kier alpha value is -0.460. The van der Waals surface area contributed by atoms with Crippen molar-refractivity contribution in [2.75, 3.05) is 13.6 Å². The van der Waals surface area contributed by atoms with Gasteiger partial charge < -0.3 is 4.90 Å². The number of nitrogens with zero attached hydrogens (tertiary/aromatic N) is 1. The topological polar surface area (TPSA) is 3.24 Å². The summed E-state index contributed by atoms with van der Waals surface area (Å²) in [6, 6.07) is 0. The average Bonchev–Trinajstić information content (AvgIpc) is 2.01. The van der Waals surface area contributed by atoms with Crippen molar-refractivity contribution in [3.8, 4) is 0 Å². The molecule has 0 bridgehead atoms. The molecule has 0 aromatic heterocycles. The molecule has 0 saturated heterocycles. The molecular weight excluding hydrogens is 170 g/mol. The van der Waals surface area contributed by atoms with Crippen LogP contribution in [0, 0.1) is 11.8 Å². The van der Waals surface area contributed by atoms with Crippen LogP contribution >= 0.6 is 0 Å². The molecule has 14 heavy (non-hydrogen) atoms. The predicted molar refractivity (Wildman–Crippen MR) is 65.3 cm³/mol. The molecule has 0 atom stereocenters. The SMILES string of the molecule is C=C(CC(C)C)N(C)CCCC(C)C. The van der Waals surface area contributed by atoms with Crippen molar-refractivity contribution in [1.29, 1.82) is 0 Å². The Morgan fingerprint density at radius 2 is 1.71 bits per heavy atom. The molecule has 0 aliphatic heterocycles. The second kappa shape index (κ2) is 6.92. The summed E-state index contributed by atoms with van der Waals surface area (Å²) >= 11 is 0. The first-order valence-electron chi connectivity index (χ1n) is 5.82. The quantitative estimate of drug-likeness (QED) is 0.598. The molecule has 0 rings (SSSR count). The van der Waals surface area contributed by atoms with Gasteiger partial charge in [-0.2, -0.15) is 0 Å². The van der Waals surface area contributed by atoms with Crippen LogP contribution in [0.3, 0.4) is 0 Å². The van der Waals surface area contributed by atoms with Crippen LogP contribution in [-0.2, 0) is 0 Å². The number of hydrogen-bond acceptors (Lipinski definition) is 1. The lowest BCUT2D eigenvalue weighted by molar-refractivity contribution is 0.362. The Kier molecular flexibility index (Phi) is 6.69. The smallest absolute Gasteiger partial charge is 0.0171 e. The van der Waals surface area contributed by atoms with Gasteiger partial charge in [0.25, 0.3) is 0 Å². The summed E-state index contributed by atoms with van der Waals surface area (Å²) < 4.78 is 0. The van der Waals surface area contributed by atoms with Crippen molar-refractivity contribution in [1.82, 2.24) is 4.90 Å². The molecule has 0 N–H and O–H groups in total. The van der Waals surface area contributed by atoms with Crippen LogP contribution in [0.1, 0.15) is 47.0 Å². The van der Waals surface area contributed by atoms with Crippen molar-refractivity contribution >= 4 is 0 Å². The van der Waals surface area contributed by atoms with Gasteiger partial charge in [0.2, 0.25) is 0 Å². The summed E-state index contributed by atoms with van der Waals surface area (Å²) in [4.78, 5) is 2.31. The zero-order valence-corrected chi connectivity index (χ0v) is 10.6. The molecule has 0 aromatic rings. The summed E-state index contributed by atoms with van der Waals surface area (Å²) in [5, 5.41) is 0. The maximum Gasteiger partial charge on any atom is 0.0171 e. The van der Waals surface area contributed by atoms with E-state index in [1.54, 1.807) is 0 Å². The van der Waals surface area contributed by atoms with Gasteiger partial charge in [0.05, 0.1) is 0 Å². The third-order valence-corrected chi connectivity index (χ3v) is 2.46. The van der Waals surface area contributed by atoms with Crippen LogP contribution in [0.25, 0.3) is 0 Å². The Labute approximate surface area is 90.2 Å². The molecule has 0 amide bonds. The normalized spacial score (nSPS) is 11.1. The van der Waals surface area contributed by atoms with Crippen molar-refractivity contribution in [3.05, 3.63) is 12.3 Å². The molecule has 0 unspecified atom stereocenters. The van der Waals surface area contributed by atoms with Gasteiger partial charge >= 0.3 is 0 Å². The fourth-order valence-electron chi connectivity index (χ4n) is 1.52. The molecule has 0 radical (unpaired) electrons. The maximum absolute atomic E-state index is 4.12. The van der Waals surface area contributed by atoms with Gasteiger partial charge in [0, 0.05) is 19.3 Å². The highest BCUT2D eigenvalue weighted by Gasteiger charge is 2.04. The minimum Gasteiger partial charge on any atom is -0.378 e. The van der Waals surface area contributed by atoms with Crippen molar-refractivity contribution < 1.29 is 0 Å². The van der Waals surface area contributed by atoms with E-state index in [1.807, 2.05) is 0 Å². The van der Waals surface area contributed by atoms with Gasteiger partial charge in [0.15, 0.2) is 0 Å². The summed E-state index contributed by atoms with van der Waals surface area (Å²) in [5.74, 6) is 1.54. The van der Waals surface area contributed by atoms with Crippen LogP contribution < -0.4 is 0 Å². The van der Waals surface area contributed by atoms with Crippen LogP contribution in [0.4, 0.5) is 0 Å². The first-order chi connectivity index (χ1) is 6.43. The Morgan fingerprint density at radius 3 is 2.14 bits per heavy atom. The molecule has 84 valence electrons. The van der Waals surface area contributed by atoms with E-state index in [0.29, 0.717) is 0 Å². The third kappa shape index (κ3) is 6.99. The predicted octanol–water partition coefficient (Wildman–Crippen LogP) is 3.91. The van der Waals surface area contributed by atoms with E-state index in [1.165, 1.54) is 18.5 Å². The maximum atomic E-state index is 4.12. The molecular formula is C13H27N. The van der Waals surface area contributed by atoms with E-state index in [9.17, 15) is 0 Å². The Balaban J connectivity index is 3.62. The molecule has 0 aromatic carbocycles. The highest BCUT2D eigenvalue weighted by Crippen LogP contribution is 2.13. The van der Waals surface area contributed by atoms with Crippen molar-refractivity contribution in [3.63, 3.8) is 0 Å². The number of hydrogen-bond donors (Lipinski definition) is 0. The van der Waals surface area contributed by atoms with E-state index >= 15 is 0 Å². The fourth-order valence-corrected chi connectivity index (χ4v) is 1.52. The molecule has 0 aliphatic rings. The summed E-state index contributed by atoms with van der Waals surface area (Å²) in [6.07, 6.45) is 3.72. The monoisotopic (exact) mass is 197 g/mol. The van der Waals surface area contributed by atoms with Gasteiger partial charge in [0.1, 0.15) is 0 Å². The van der Waals surface area contributed by atoms with Gasteiger partial charge in [-0.25, -0.2) is 0 Å². The lowest BCUT2D eigenvalue weighted by Crippen LogP contribution is -2.19. The minimum atomic E-state index is 0.718. The van der Waals surface area contributed by atoms with Crippen molar-refractivity contribution in [2.45, 2.75) is 47.0 Å². The molecule has 0 aliphatic carbocycles. The molecule has 0 saturated carbocycles. The van der Waals surface area contributed by atoms with E-state index in [0.717, 1.165) is 24.8 Å². The summed E-state index contributed by atoms with van der Waals surface area (Å²) in [6.45, 7) is 14.3. The van der Waals surface area contributed by atoms with Gasteiger partial charge in [-0.05, 0) is 31.1 Å². The number of allylic oxidation sites excluding steroid dienone is 1.